The van der Waals surface area contributed by atoms with E-state index in [2.05, 4.69) is 15.6 Å². The van der Waals surface area contributed by atoms with Gasteiger partial charge in [0.1, 0.15) is 0 Å². The highest BCUT2D eigenvalue weighted by Crippen LogP contribution is 2.23. The number of nitrogens with one attached hydrogen (secondary N) is 2. The number of benzene rings is 1. The van der Waals surface area contributed by atoms with Gasteiger partial charge in [0.25, 0.3) is 0 Å². The summed E-state index contributed by atoms with van der Waals surface area (Å²) in [6.45, 7) is 6.33. The van der Waals surface area contributed by atoms with Crippen molar-refractivity contribution in [2.45, 2.75) is 32.1 Å². The highest BCUT2D eigenvalue weighted by Gasteiger charge is 2.40. The number of amides is 1. The highest BCUT2D eigenvalue weighted by atomic mass is 127. The summed E-state index contributed by atoms with van der Waals surface area (Å²) in [5.74, 6) is 0.684. The van der Waals surface area contributed by atoms with Crippen LogP contribution < -0.4 is 10.6 Å². The first-order chi connectivity index (χ1) is 11.6. The normalized spacial score (nSPS) is 18.6. The van der Waals surface area contributed by atoms with Gasteiger partial charge in [-0.05, 0) is 31.5 Å². The first-order valence-electron chi connectivity index (χ1n) is 8.19. The zero-order chi connectivity index (χ0) is 18.7. The van der Waals surface area contributed by atoms with Crippen LogP contribution in [0, 0.1) is 0 Å². The zero-order valence-corrected chi connectivity index (χ0v) is 18.7. The second-order valence-corrected chi connectivity index (χ2v) is 9.53. The molecule has 0 radical (unpaired) electrons. The van der Waals surface area contributed by atoms with Crippen molar-refractivity contribution in [2.75, 3.05) is 31.2 Å². The predicted octanol–water partition coefficient (Wildman–Crippen LogP) is 1.85. The number of halogens is 1. The lowest BCUT2D eigenvalue weighted by molar-refractivity contribution is -0.114. The SMILES string of the molecule is CN=C(NCc1cccc(NC(C)=O)c1)N1CCS(=O)(=O)C(C)(C)C1.I. The summed E-state index contributed by atoms with van der Waals surface area (Å²) in [7, 11) is -1.40. The van der Waals surface area contributed by atoms with Gasteiger partial charge in [-0.15, -0.1) is 24.0 Å². The van der Waals surface area contributed by atoms with Gasteiger partial charge in [-0.2, -0.15) is 0 Å². The smallest absolute Gasteiger partial charge is 0.221 e. The van der Waals surface area contributed by atoms with Crippen LogP contribution in [0.5, 0.6) is 0 Å². The zero-order valence-electron chi connectivity index (χ0n) is 15.6. The second-order valence-electron chi connectivity index (χ2n) is 6.78. The summed E-state index contributed by atoms with van der Waals surface area (Å²) in [6, 6.07) is 7.56. The fourth-order valence-electron chi connectivity index (χ4n) is 2.80. The molecule has 0 unspecified atom stereocenters. The first-order valence-corrected chi connectivity index (χ1v) is 9.84. The Kier molecular flexibility index (Phi) is 7.87. The Bertz CT molecular complexity index is 778. The number of carbonyl (C=O) groups excluding carboxylic acids is 1. The Morgan fingerprint density at radius 1 is 1.35 bits per heavy atom. The Morgan fingerprint density at radius 2 is 2.04 bits per heavy atom. The van der Waals surface area contributed by atoms with Gasteiger partial charge in [0.2, 0.25) is 5.91 Å². The molecule has 26 heavy (non-hydrogen) atoms. The van der Waals surface area contributed by atoms with Crippen molar-refractivity contribution in [2.24, 2.45) is 4.99 Å². The molecule has 1 aliphatic heterocycles. The molecule has 0 aromatic heterocycles. The van der Waals surface area contributed by atoms with Gasteiger partial charge in [-0.1, -0.05) is 12.1 Å². The number of rotatable bonds is 3. The fraction of sp³-hybridized carbons (Fsp3) is 0.529. The largest absolute Gasteiger partial charge is 0.352 e. The molecule has 0 saturated carbocycles. The van der Waals surface area contributed by atoms with Gasteiger partial charge in [0.15, 0.2) is 15.8 Å². The summed E-state index contributed by atoms with van der Waals surface area (Å²) in [5.41, 5.74) is 1.74. The molecule has 1 heterocycles. The van der Waals surface area contributed by atoms with E-state index >= 15 is 0 Å². The van der Waals surface area contributed by atoms with Crippen molar-refractivity contribution < 1.29 is 13.2 Å². The van der Waals surface area contributed by atoms with Crippen molar-refractivity contribution in [1.82, 2.24) is 10.2 Å². The fourth-order valence-corrected chi connectivity index (χ4v) is 4.17. The molecule has 0 aliphatic carbocycles. The number of carbonyl (C=O) groups is 1. The molecule has 1 aliphatic rings. The van der Waals surface area contributed by atoms with Crippen LogP contribution in [0.4, 0.5) is 5.69 Å². The Morgan fingerprint density at radius 3 is 2.62 bits per heavy atom. The van der Waals surface area contributed by atoms with Crippen LogP contribution in [-0.2, 0) is 21.2 Å². The molecule has 146 valence electrons. The van der Waals surface area contributed by atoms with Crippen molar-refractivity contribution in [1.29, 1.82) is 0 Å². The maximum atomic E-state index is 12.1. The van der Waals surface area contributed by atoms with Crippen molar-refractivity contribution in [3.63, 3.8) is 0 Å². The lowest BCUT2D eigenvalue weighted by Gasteiger charge is -2.39. The molecule has 0 atom stereocenters. The molecular weight excluding hydrogens is 467 g/mol. The van der Waals surface area contributed by atoms with E-state index in [0.29, 0.717) is 25.6 Å². The van der Waals surface area contributed by atoms with E-state index in [1.165, 1.54) is 6.92 Å². The minimum Gasteiger partial charge on any atom is -0.352 e. The van der Waals surface area contributed by atoms with Gasteiger partial charge in [-0.3, -0.25) is 9.79 Å². The van der Waals surface area contributed by atoms with Crippen LogP contribution in [0.3, 0.4) is 0 Å². The summed E-state index contributed by atoms with van der Waals surface area (Å²) >= 11 is 0. The van der Waals surface area contributed by atoms with Gasteiger partial charge in [-0.25, -0.2) is 8.42 Å². The molecule has 2 rings (SSSR count). The van der Waals surface area contributed by atoms with Gasteiger partial charge in [0, 0.05) is 39.3 Å². The lowest BCUT2D eigenvalue weighted by atomic mass is 10.2. The molecule has 7 nitrogen and oxygen atoms in total. The van der Waals surface area contributed by atoms with E-state index in [1.54, 1.807) is 20.9 Å². The maximum absolute atomic E-state index is 12.1. The molecule has 1 aromatic rings. The number of guanidine groups is 1. The number of hydrogen-bond donors (Lipinski definition) is 2. The number of nitrogens with zero attached hydrogens (tertiary/aromatic N) is 2. The second kappa shape index (κ2) is 9.03. The van der Waals surface area contributed by atoms with E-state index in [0.717, 1.165) is 11.3 Å². The standard InChI is InChI=1S/C17H26N4O3S.HI/c1-13(22)20-15-7-5-6-14(10-15)11-19-16(18-4)21-8-9-25(23,24)17(2,3)12-21;/h5-7,10H,8-9,11-12H2,1-4H3,(H,18,19)(H,20,22);1H. The minimum atomic E-state index is -3.08. The quantitative estimate of drug-likeness (QED) is 0.380. The van der Waals surface area contributed by atoms with Crippen LogP contribution in [-0.4, -0.2) is 55.8 Å². The van der Waals surface area contributed by atoms with Crippen LogP contribution in [0.1, 0.15) is 26.3 Å². The molecule has 1 saturated heterocycles. The molecule has 1 aromatic carbocycles. The molecule has 1 fully saturated rings. The Hall–Kier alpha value is -1.36. The third kappa shape index (κ3) is 5.57. The summed E-state index contributed by atoms with van der Waals surface area (Å²) < 4.78 is 23.5. The van der Waals surface area contributed by atoms with Crippen LogP contribution in [0.2, 0.25) is 0 Å². The van der Waals surface area contributed by atoms with Crippen LogP contribution in [0.15, 0.2) is 29.3 Å². The third-order valence-corrected chi connectivity index (χ3v) is 6.79. The van der Waals surface area contributed by atoms with E-state index in [-0.39, 0.29) is 35.6 Å². The van der Waals surface area contributed by atoms with Crippen LogP contribution >= 0.6 is 24.0 Å². The topological polar surface area (TPSA) is 90.9 Å². The highest BCUT2D eigenvalue weighted by molar-refractivity contribution is 14.0. The minimum absolute atomic E-state index is 0. The predicted molar refractivity (Wildman–Crippen MR) is 116 cm³/mol. The molecule has 2 N–H and O–H groups in total. The summed E-state index contributed by atoms with van der Waals surface area (Å²) in [4.78, 5) is 17.4. The van der Waals surface area contributed by atoms with Crippen LogP contribution in [0.25, 0.3) is 0 Å². The number of sulfone groups is 1. The average Bonchev–Trinajstić information content (AvgIpc) is 2.51. The monoisotopic (exact) mass is 494 g/mol. The molecule has 0 spiro atoms. The van der Waals surface area contributed by atoms with Gasteiger partial charge in [0.05, 0.1) is 10.5 Å². The van der Waals surface area contributed by atoms with E-state index in [9.17, 15) is 13.2 Å². The van der Waals surface area contributed by atoms with E-state index in [1.807, 2.05) is 29.2 Å². The van der Waals surface area contributed by atoms with E-state index in [4.69, 9.17) is 0 Å². The molecule has 0 bridgehead atoms. The average molecular weight is 494 g/mol. The molecule has 9 heteroatoms. The number of anilines is 1. The van der Waals surface area contributed by atoms with Gasteiger partial charge >= 0.3 is 0 Å². The molecular formula is C17H27IN4O3S. The third-order valence-electron chi connectivity index (χ3n) is 4.25. The Labute approximate surface area is 172 Å². The summed E-state index contributed by atoms with van der Waals surface area (Å²) in [5, 5.41) is 6.03. The first kappa shape index (κ1) is 22.7. The van der Waals surface area contributed by atoms with E-state index < -0.39 is 14.6 Å². The molecule has 1 amide bonds. The lowest BCUT2D eigenvalue weighted by Crippen LogP contribution is -2.57. The maximum Gasteiger partial charge on any atom is 0.221 e. The summed E-state index contributed by atoms with van der Waals surface area (Å²) in [6.07, 6.45) is 0. The Balaban J connectivity index is 0.00000338. The van der Waals surface area contributed by atoms with Crippen molar-refractivity contribution >= 4 is 51.4 Å². The number of hydrogen-bond acceptors (Lipinski definition) is 4. The number of aliphatic imine (C=N–C) groups is 1. The van der Waals surface area contributed by atoms with Gasteiger partial charge < -0.3 is 15.5 Å². The van der Waals surface area contributed by atoms with Crippen molar-refractivity contribution in [3.05, 3.63) is 29.8 Å². The van der Waals surface area contributed by atoms with Crippen molar-refractivity contribution in [3.8, 4) is 0 Å².